The third-order valence-electron chi connectivity index (χ3n) is 12.6. The van der Waals surface area contributed by atoms with Gasteiger partial charge in [-0.25, -0.2) is 9.59 Å². The molecular weight excluding hydrogens is 891 g/mol. The highest BCUT2D eigenvalue weighted by Gasteiger charge is 2.58. The minimum atomic E-state index is -3.07. The van der Waals surface area contributed by atoms with E-state index in [9.17, 15) is 50.4 Å². The van der Waals surface area contributed by atoms with Crippen LogP contribution in [0.4, 0.5) is 0 Å². The number of hydrogen-bond donors (Lipinski definition) is 11. The van der Waals surface area contributed by atoms with E-state index in [4.69, 9.17) is 29.4 Å². The maximum Gasteiger partial charge on any atom is 0.339 e. The summed E-state index contributed by atoms with van der Waals surface area (Å²) in [6.45, 7) is -1.58. The van der Waals surface area contributed by atoms with Gasteiger partial charge in [0.1, 0.15) is 24.5 Å². The molecule has 20 nitrogen and oxygen atoms in total. The number of aliphatic carboxylic acids is 1. The average Bonchev–Trinajstić information content (AvgIpc) is 3.74. The lowest BCUT2D eigenvalue weighted by Crippen LogP contribution is -2.69. The van der Waals surface area contributed by atoms with Gasteiger partial charge in [-0.2, -0.15) is 0 Å². The Morgan fingerprint density at radius 2 is 1.86 bits per heavy atom. The van der Waals surface area contributed by atoms with E-state index in [2.05, 4.69) is 15.6 Å². The Balaban J connectivity index is 1.50. The summed E-state index contributed by atoms with van der Waals surface area (Å²) in [5, 5.41) is 89.9. The molecule has 0 radical (unpaired) electrons. The molecule has 0 aromatic rings. The molecule has 12 N–H and O–H groups in total. The predicted octanol–water partition coefficient (Wildman–Crippen LogP) is -0.103. The van der Waals surface area contributed by atoms with Gasteiger partial charge in [-0.1, -0.05) is 51.8 Å². The second-order valence-corrected chi connectivity index (χ2v) is 19.5. The molecule has 11 atom stereocenters. The number of rotatable bonds is 14. The highest BCUT2D eigenvalue weighted by atomic mass is 33.1. The summed E-state index contributed by atoms with van der Waals surface area (Å²) in [7, 11) is 4.61. The van der Waals surface area contributed by atoms with Gasteiger partial charge in [-0.05, 0) is 64.0 Å². The fourth-order valence-electron chi connectivity index (χ4n) is 8.87. The van der Waals surface area contributed by atoms with E-state index in [0.29, 0.717) is 29.9 Å². The summed E-state index contributed by atoms with van der Waals surface area (Å²) >= 11 is 0. The lowest BCUT2D eigenvalue weighted by Gasteiger charge is -2.48. The zero-order valence-electron chi connectivity index (χ0n) is 36.5. The molecule has 1 saturated heterocycles. The van der Waals surface area contributed by atoms with Crippen molar-refractivity contribution in [3.8, 4) is 0 Å². The minimum absolute atomic E-state index is 0.0567. The van der Waals surface area contributed by atoms with Gasteiger partial charge in [0.15, 0.2) is 18.4 Å². The van der Waals surface area contributed by atoms with Crippen LogP contribution in [0.5, 0.6) is 0 Å². The monoisotopic (exact) mass is 955 g/mol. The number of nitrogens with one attached hydrogen (secondary N) is 2. The van der Waals surface area contributed by atoms with Crippen LogP contribution in [0.15, 0.2) is 63.7 Å². The number of aliphatic hydroxyl groups excluding tert-OH is 5. The molecule has 2 aliphatic carbocycles. The third-order valence-corrected chi connectivity index (χ3v) is 15.1. The zero-order chi connectivity index (χ0) is 46.7. The highest BCUT2D eigenvalue weighted by Crippen LogP contribution is 2.42. The molecule has 2 saturated carbocycles. The van der Waals surface area contributed by atoms with Crippen molar-refractivity contribution >= 4 is 39.5 Å². The number of esters is 1. The highest BCUT2D eigenvalue weighted by molar-refractivity contribution is 8.76. The van der Waals surface area contributed by atoms with E-state index in [-0.39, 0.29) is 61.1 Å². The number of carboxylic acids is 1. The van der Waals surface area contributed by atoms with Gasteiger partial charge in [-0.3, -0.25) is 10.3 Å². The van der Waals surface area contributed by atoms with Crippen molar-refractivity contribution in [3.05, 3.63) is 58.7 Å². The standard InChI is InChI=1S/C43H65N5O15S2/c1-45-34(20-52)62-37-41(61-33(19-51)36(53)43(37,57)58)63-40-29(15-24-7-3-2-4-8-24)28-12-11-25-16-48(17-30(38(54)55)35(25)47-42(44)46-13-6-14-49)27(18-50)23-65-64-22-26-9-5-10-32(26)60-39(56)31(28)21-59-40/h11-12,15,17,21,26-29,32-34,36-37,40-41,45,49-53,57-58H,2-10,13-14,16,18-20,22-23H2,1H3,(H,54,55)(H3,44,46,47)/b12-11+/t26-,27+,28-,29+,32-,33+,34+,36+,37-,40-,41-/m0/s1. The number of carboxylic acid groups (broad SMARTS) is 1. The summed E-state index contributed by atoms with van der Waals surface area (Å²) in [5.41, 5.74) is 7.83. The van der Waals surface area contributed by atoms with E-state index in [1.807, 2.05) is 6.08 Å². The second-order valence-electron chi connectivity index (χ2n) is 17.0. The van der Waals surface area contributed by atoms with Crippen molar-refractivity contribution in [2.75, 3.05) is 58.1 Å². The molecule has 0 spiro atoms. The molecule has 2 bridgehead atoms. The van der Waals surface area contributed by atoms with Crippen molar-refractivity contribution in [2.45, 2.75) is 113 Å². The van der Waals surface area contributed by atoms with Gasteiger partial charge in [-0.15, -0.1) is 0 Å². The minimum Gasteiger partial charge on any atom is -0.478 e. The summed E-state index contributed by atoms with van der Waals surface area (Å²) in [6, 6.07) is -0.488. The molecule has 3 fully saturated rings. The smallest absolute Gasteiger partial charge is 0.339 e. The molecule has 4 aliphatic heterocycles. The van der Waals surface area contributed by atoms with Gasteiger partial charge in [0.2, 0.25) is 12.1 Å². The largest absolute Gasteiger partial charge is 0.478 e. The Kier molecular flexibility index (Phi) is 19.0. The van der Waals surface area contributed by atoms with Crippen LogP contribution in [0.25, 0.3) is 0 Å². The number of carbonyl (C=O) groups is 2. The molecule has 4 heterocycles. The van der Waals surface area contributed by atoms with Crippen molar-refractivity contribution in [1.29, 1.82) is 0 Å². The first kappa shape index (κ1) is 51.2. The molecule has 22 heteroatoms. The molecule has 65 heavy (non-hydrogen) atoms. The molecule has 0 amide bonds. The van der Waals surface area contributed by atoms with Gasteiger partial charge >= 0.3 is 11.9 Å². The Hall–Kier alpha value is -3.23. The number of carbonyl (C=O) groups excluding carboxylic acids is 1. The van der Waals surface area contributed by atoms with Crippen LogP contribution in [0, 0.1) is 17.8 Å². The molecule has 0 unspecified atom stereocenters. The summed E-state index contributed by atoms with van der Waals surface area (Å²) in [4.78, 5) is 33.6. The van der Waals surface area contributed by atoms with Gasteiger partial charge < -0.3 is 80.5 Å². The Bertz CT molecular complexity index is 1820. The van der Waals surface area contributed by atoms with E-state index in [1.165, 1.54) is 19.5 Å². The number of likely N-dealkylation sites (N-methyl/N-ethyl adjacent to an activating group) is 1. The number of hydrogen-bond acceptors (Lipinski definition) is 19. The second kappa shape index (κ2) is 24.2. The number of guanidine groups is 1. The summed E-state index contributed by atoms with van der Waals surface area (Å²) in [6.07, 6.45) is 4.94. The fourth-order valence-corrected chi connectivity index (χ4v) is 11.6. The summed E-state index contributed by atoms with van der Waals surface area (Å²) < 4.78 is 30.8. The average molecular weight is 956 g/mol. The molecule has 6 rings (SSSR count). The summed E-state index contributed by atoms with van der Waals surface area (Å²) in [5.74, 6) is -5.66. The predicted molar refractivity (Wildman–Crippen MR) is 239 cm³/mol. The SMILES string of the molecule is CN[C@@H](CO)O[C@H]1[C@H](O[C@@H]2OC=C3C(=O)O[C@H]4CCC[C@H]4CSSC[C@@H](CO)N4C=C(C(=O)O)C(NC(N)=NCCCO)=C(/C=C/[C@H]3[C@H]2C=C2CCCCC2)C4)O[C@H](CO)[C@@H](O)C1(O)O. The van der Waals surface area contributed by atoms with Crippen molar-refractivity contribution < 1.29 is 74.1 Å². The first-order chi connectivity index (χ1) is 31.3. The zero-order valence-corrected chi connectivity index (χ0v) is 38.1. The number of ether oxygens (including phenoxy) is 5. The Labute approximate surface area is 386 Å². The fraction of sp³-hybridized carbons (Fsp3) is 0.698. The lowest BCUT2D eigenvalue weighted by atomic mass is 9.80. The van der Waals surface area contributed by atoms with Crippen LogP contribution in [0.3, 0.4) is 0 Å². The number of aliphatic imine (C=N–C) groups is 1. The van der Waals surface area contributed by atoms with Crippen molar-refractivity contribution in [2.24, 2.45) is 28.5 Å². The number of aliphatic hydroxyl groups is 7. The van der Waals surface area contributed by atoms with E-state index < -0.39 is 85.9 Å². The van der Waals surface area contributed by atoms with E-state index in [0.717, 1.165) is 50.5 Å². The van der Waals surface area contributed by atoms with Gasteiger partial charge in [0.05, 0.1) is 54.9 Å². The van der Waals surface area contributed by atoms with Gasteiger partial charge in [0, 0.05) is 49.2 Å². The van der Waals surface area contributed by atoms with Crippen LogP contribution in [0.1, 0.15) is 57.8 Å². The molecular formula is C43H65N5O15S2. The van der Waals surface area contributed by atoms with E-state index >= 15 is 0 Å². The Morgan fingerprint density at radius 1 is 1.09 bits per heavy atom. The van der Waals surface area contributed by atoms with Gasteiger partial charge in [0.25, 0.3) is 0 Å². The normalized spacial score (nSPS) is 33.4. The lowest BCUT2D eigenvalue weighted by molar-refractivity contribution is -0.416. The number of nitrogens with zero attached hydrogens (tertiary/aromatic N) is 2. The van der Waals surface area contributed by atoms with Crippen LogP contribution in [0.2, 0.25) is 0 Å². The quantitative estimate of drug-likeness (QED) is 0.0206. The third kappa shape index (κ3) is 12.7. The molecule has 0 aromatic heterocycles. The van der Waals surface area contributed by atoms with Crippen molar-refractivity contribution in [3.63, 3.8) is 0 Å². The maximum absolute atomic E-state index is 14.6. The molecule has 6 aliphatic rings. The number of nitrogens with two attached hydrogens (primary N) is 1. The van der Waals surface area contributed by atoms with Crippen LogP contribution in [-0.2, 0) is 33.3 Å². The first-order valence-corrected chi connectivity index (χ1v) is 24.7. The van der Waals surface area contributed by atoms with Crippen LogP contribution in [-0.4, -0.2) is 177 Å². The van der Waals surface area contributed by atoms with Crippen molar-refractivity contribution in [1.82, 2.24) is 15.5 Å². The molecule has 0 aromatic carbocycles. The number of fused-ring (bicyclic) bond motifs is 4. The van der Waals surface area contributed by atoms with Crippen LogP contribution < -0.4 is 16.4 Å². The van der Waals surface area contributed by atoms with Crippen LogP contribution >= 0.6 is 21.6 Å². The maximum atomic E-state index is 14.6. The van der Waals surface area contributed by atoms with E-state index in [1.54, 1.807) is 38.6 Å². The number of allylic oxidation sites excluding steroid dienone is 2. The molecule has 364 valence electrons. The first-order valence-electron chi connectivity index (χ1n) is 22.2. The topological polar surface area (TPSA) is 308 Å². The Morgan fingerprint density at radius 3 is 2.55 bits per heavy atom.